The SMILES string of the molecule is O=C(CCC1CCCC1)N1CCC(n2ccnn2)CC1. The van der Waals surface area contributed by atoms with Crippen LogP contribution < -0.4 is 0 Å². The standard InChI is InChI=1S/C15H24N4O/c20-15(6-5-13-3-1-2-4-13)18-10-7-14(8-11-18)19-12-9-16-17-19/h9,12-14H,1-8,10-11H2. The molecular formula is C15H24N4O. The molecule has 1 aromatic heterocycles. The smallest absolute Gasteiger partial charge is 0.222 e. The maximum Gasteiger partial charge on any atom is 0.222 e. The van der Waals surface area contributed by atoms with Gasteiger partial charge in [-0.2, -0.15) is 0 Å². The number of hydrogen-bond donors (Lipinski definition) is 0. The minimum Gasteiger partial charge on any atom is -0.343 e. The van der Waals surface area contributed by atoms with Gasteiger partial charge in [-0.25, -0.2) is 4.68 Å². The first-order valence-electron chi connectivity index (χ1n) is 7.96. The monoisotopic (exact) mass is 276 g/mol. The highest BCUT2D eigenvalue weighted by atomic mass is 16.2. The fraction of sp³-hybridized carbons (Fsp3) is 0.800. The zero-order chi connectivity index (χ0) is 13.8. The Balaban J connectivity index is 1.42. The highest BCUT2D eigenvalue weighted by Crippen LogP contribution is 2.29. The van der Waals surface area contributed by atoms with E-state index < -0.39 is 0 Å². The molecule has 0 aromatic carbocycles. The third kappa shape index (κ3) is 3.19. The summed E-state index contributed by atoms with van der Waals surface area (Å²) in [7, 11) is 0. The molecule has 1 aliphatic heterocycles. The average Bonchev–Trinajstić information content (AvgIpc) is 3.18. The first-order chi connectivity index (χ1) is 9.83. The second kappa shape index (κ2) is 6.37. The predicted octanol–water partition coefficient (Wildman–Crippen LogP) is 2.41. The lowest BCUT2D eigenvalue weighted by molar-refractivity contribution is -0.132. The fourth-order valence-electron chi connectivity index (χ4n) is 3.58. The molecule has 5 heteroatoms. The van der Waals surface area contributed by atoms with E-state index in [0.29, 0.717) is 11.9 Å². The number of nitrogens with zero attached hydrogens (tertiary/aromatic N) is 4. The quantitative estimate of drug-likeness (QED) is 0.848. The van der Waals surface area contributed by atoms with E-state index in [2.05, 4.69) is 10.3 Å². The summed E-state index contributed by atoms with van der Waals surface area (Å²) < 4.78 is 1.93. The number of amides is 1. The lowest BCUT2D eigenvalue weighted by Gasteiger charge is -2.32. The summed E-state index contributed by atoms with van der Waals surface area (Å²) in [4.78, 5) is 14.3. The topological polar surface area (TPSA) is 51.0 Å². The van der Waals surface area contributed by atoms with Gasteiger partial charge < -0.3 is 4.90 Å². The average molecular weight is 276 g/mol. The Bertz CT molecular complexity index is 417. The molecule has 20 heavy (non-hydrogen) atoms. The molecule has 1 aliphatic carbocycles. The van der Waals surface area contributed by atoms with Gasteiger partial charge in [0.15, 0.2) is 0 Å². The van der Waals surface area contributed by atoms with Gasteiger partial charge >= 0.3 is 0 Å². The Morgan fingerprint density at radius 2 is 1.90 bits per heavy atom. The first-order valence-corrected chi connectivity index (χ1v) is 7.96. The minimum atomic E-state index is 0.356. The Labute approximate surface area is 120 Å². The Morgan fingerprint density at radius 3 is 2.55 bits per heavy atom. The Morgan fingerprint density at radius 1 is 1.15 bits per heavy atom. The molecule has 0 bridgehead atoms. The molecule has 5 nitrogen and oxygen atoms in total. The molecule has 2 fully saturated rings. The van der Waals surface area contributed by atoms with Gasteiger partial charge in [-0.1, -0.05) is 30.9 Å². The second-order valence-corrected chi connectivity index (χ2v) is 6.18. The first kappa shape index (κ1) is 13.6. The number of piperidine rings is 1. The van der Waals surface area contributed by atoms with Crippen LogP contribution in [0.1, 0.15) is 57.4 Å². The number of aromatic nitrogens is 3. The van der Waals surface area contributed by atoms with Crippen LogP contribution in [0.5, 0.6) is 0 Å². The van der Waals surface area contributed by atoms with Crippen molar-refractivity contribution < 1.29 is 4.79 Å². The van der Waals surface area contributed by atoms with E-state index in [1.54, 1.807) is 6.20 Å². The zero-order valence-corrected chi connectivity index (χ0v) is 12.1. The van der Waals surface area contributed by atoms with Crippen LogP contribution in [0.15, 0.2) is 12.4 Å². The summed E-state index contributed by atoms with van der Waals surface area (Å²) >= 11 is 0. The maximum atomic E-state index is 12.2. The minimum absolute atomic E-state index is 0.356. The molecule has 0 spiro atoms. The summed E-state index contributed by atoms with van der Waals surface area (Å²) in [5.41, 5.74) is 0. The normalized spacial score (nSPS) is 21.5. The predicted molar refractivity (Wildman–Crippen MR) is 76.1 cm³/mol. The van der Waals surface area contributed by atoms with Crippen LogP contribution in [-0.4, -0.2) is 38.9 Å². The van der Waals surface area contributed by atoms with Crippen molar-refractivity contribution in [2.45, 2.75) is 57.4 Å². The van der Waals surface area contributed by atoms with E-state index >= 15 is 0 Å². The number of likely N-dealkylation sites (tertiary alicyclic amines) is 1. The summed E-state index contributed by atoms with van der Waals surface area (Å²) in [6.45, 7) is 1.74. The van der Waals surface area contributed by atoms with Crippen LogP contribution in [0.25, 0.3) is 0 Å². The number of hydrogen-bond acceptors (Lipinski definition) is 3. The number of carbonyl (C=O) groups is 1. The van der Waals surface area contributed by atoms with E-state index in [9.17, 15) is 4.79 Å². The van der Waals surface area contributed by atoms with Gasteiger partial charge in [-0.05, 0) is 25.2 Å². The second-order valence-electron chi connectivity index (χ2n) is 6.18. The van der Waals surface area contributed by atoms with Gasteiger partial charge in [-0.15, -0.1) is 5.10 Å². The third-order valence-corrected chi connectivity index (χ3v) is 4.87. The van der Waals surface area contributed by atoms with Crippen molar-refractivity contribution in [2.75, 3.05) is 13.1 Å². The lowest BCUT2D eigenvalue weighted by Crippen LogP contribution is -2.39. The van der Waals surface area contributed by atoms with Crippen LogP contribution in [-0.2, 0) is 4.79 Å². The van der Waals surface area contributed by atoms with Crippen LogP contribution in [0.2, 0.25) is 0 Å². The zero-order valence-electron chi connectivity index (χ0n) is 12.1. The fourth-order valence-corrected chi connectivity index (χ4v) is 3.58. The van der Waals surface area contributed by atoms with Gasteiger partial charge in [0.05, 0.1) is 12.2 Å². The van der Waals surface area contributed by atoms with Gasteiger partial charge in [0, 0.05) is 25.7 Å². The van der Waals surface area contributed by atoms with E-state index in [1.807, 2.05) is 15.8 Å². The molecule has 1 saturated carbocycles. The third-order valence-electron chi connectivity index (χ3n) is 4.87. The molecule has 2 aliphatic rings. The number of carbonyl (C=O) groups excluding carboxylic acids is 1. The van der Waals surface area contributed by atoms with Gasteiger partial charge in [0.25, 0.3) is 0 Å². The maximum absolute atomic E-state index is 12.2. The highest BCUT2D eigenvalue weighted by molar-refractivity contribution is 5.76. The van der Waals surface area contributed by atoms with Crippen molar-refractivity contribution in [3.8, 4) is 0 Å². The molecule has 1 saturated heterocycles. The number of rotatable bonds is 4. The molecule has 1 aromatic rings. The van der Waals surface area contributed by atoms with Gasteiger partial charge in [0.1, 0.15) is 0 Å². The molecule has 110 valence electrons. The van der Waals surface area contributed by atoms with Crippen LogP contribution in [0.3, 0.4) is 0 Å². The summed E-state index contributed by atoms with van der Waals surface area (Å²) in [6.07, 6.45) is 12.9. The van der Waals surface area contributed by atoms with E-state index in [0.717, 1.165) is 44.7 Å². The van der Waals surface area contributed by atoms with Crippen molar-refractivity contribution in [1.82, 2.24) is 19.9 Å². The van der Waals surface area contributed by atoms with Gasteiger partial charge in [0.2, 0.25) is 5.91 Å². The molecule has 0 atom stereocenters. The van der Waals surface area contributed by atoms with E-state index in [4.69, 9.17) is 0 Å². The molecule has 0 N–H and O–H groups in total. The van der Waals surface area contributed by atoms with Crippen molar-refractivity contribution in [3.05, 3.63) is 12.4 Å². The van der Waals surface area contributed by atoms with Crippen molar-refractivity contribution in [1.29, 1.82) is 0 Å². The molecular weight excluding hydrogens is 252 g/mol. The van der Waals surface area contributed by atoms with Crippen molar-refractivity contribution >= 4 is 5.91 Å². The summed E-state index contributed by atoms with van der Waals surface area (Å²) in [6, 6.07) is 0.413. The lowest BCUT2D eigenvalue weighted by atomic mass is 10.00. The molecule has 3 rings (SSSR count). The summed E-state index contributed by atoms with van der Waals surface area (Å²) in [5.74, 6) is 1.17. The molecule has 2 heterocycles. The van der Waals surface area contributed by atoms with Crippen LogP contribution >= 0.6 is 0 Å². The Kier molecular flexibility index (Phi) is 4.33. The molecule has 0 radical (unpaired) electrons. The molecule has 0 unspecified atom stereocenters. The van der Waals surface area contributed by atoms with Gasteiger partial charge in [-0.3, -0.25) is 4.79 Å². The van der Waals surface area contributed by atoms with Crippen molar-refractivity contribution in [2.24, 2.45) is 5.92 Å². The highest BCUT2D eigenvalue weighted by Gasteiger charge is 2.25. The van der Waals surface area contributed by atoms with E-state index in [1.165, 1.54) is 25.7 Å². The van der Waals surface area contributed by atoms with Crippen molar-refractivity contribution in [3.63, 3.8) is 0 Å². The van der Waals surface area contributed by atoms with Crippen LogP contribution in [0, 0.1) is 5.92 Å². The Hall–Kier alpha value is -1.39. The largest absolute Gasteiger partial charge is 0.343 e. The summed E-state index contributed by atoms with van der Waals surface area (Å²) in [5, 5.41) is 7.92. The van der Waals surface area contributed by atoms with Crippen LogP contribution in [0.4, 0.5) is 0 Å². The molecule has 1 amide bonds. The van der Waals surface area contributed by atoms with E-state index in [-0.39, 0.29) is 0 Å².